The van der Waals surface area contributed by atoms with Crippen molar-refractivity contribution in [1.82, 2.24) is 0 Å². The van der Waals surface area contributed by atoms with Crippen molar-refractivity contribution in [2.45, 2.75) is 0 Å². The van der Waals surface area contributed by atoms with Crippen molar-refractivity contribution in [2.24, 2.45) is 4.99 Å². The molecule has 3 nitrogen and oxygen atoms in total. The minimum Gasteiger partial charge on any atom is -0.504 e. The van der Waals surface area contributed by atoms with Gasteiger partial charge in [0.15, 0.2) is 11.5 Å². The third-order valence-electron chi connectivity index (χ3n) is 3.13. The molecule has 0 spiro atoms. The molecule has 3 aromatic rings. The Kier molecular flexibility index (Phi) is 3.09. The lowest BCUT2D eigenvalue weighted by molar-refractivity contribution is 0.403. The average Bonchev–Trinajstić information content (AvgIpc) is 2.48. The Labute approximate surface area is 116 Å². The molecular weight excluding hydrogens is 250 g/mol. The highest BCUT2D eigenvalue weighted by Gasteiger charge is 2.02. The van der Waals surface area contributed by atoms with E-state index in [2.05, 4.69) is 4.99 Å². The second kappa shape index (κ2) is 5.05. The van der Waals surface area contributed by atoms with Gasteiger partial charge in [0, 0.05) is 11.8 Å². The van der Waals surface area contributed by atoms with E-state index in [4.69, 9.17) is 0 Å². The van der Waals surface area contributed by atoms with E-state index in [1.165, 1.54) is 6.07 Å². The van der Waals surface area contributed by atoms with E-state index < -0.39 is 0 Å². The Balaban J connectivity index is 1.96. The van der Waals surface area contributed by atoms with Crippen molar-refractivity contribution in [3.63, 3.8) is 0 Å². The summed E-state index contributed by atoms with van der Waals surface area (Å²) in [7, 11) is 0. The minimum atomic E-state index is -0.156. The molecule has 2 N–H and O–H groups in total. The van der Waals surface area contributed by atoms with Crippen LogP contribution in [0.1, 0.15) is 5.56 Å². The number of rotatable bonds is 2. The van der Waals surface area contributed by atoms with Crippen LogP contribution >= 0.6 is 0 Å². The lowest BCUT2D eigenvalue weighted by Gasteiger charge is -2.01. The van der Waals surface area contributed by atoms with Crippen LogP contribution < -0.4 is 0 Å². The zero-order valence-electron chi connectivity index (χ0n) is 10.7. The molecule has 0 unspecified atom stereocenters. The van der Waals surface area contributed by atoms with Crippen molar-refractivity contribution in [1.29, 1.82) is 0 Å². The van der Waals surface area contributed by atoms with Gasteiger partial charge < -0.3 is 10.2 Å². The van der Waals surface area contributed by atoms with Crippen LogP contribution in [0, 0.1) is 0 Å². The molecule has 3 heteroatoms. The molecule has 0 bridgehead atoms. The monoisotopic (exact) mass is 263 g/mol. The third kappa shape index (κ3) is 2.34. The summed E-state index contributed by atoms with van der Waals surface area (Å²) >= 11 is 0. The molecule has 0 fully saturated rings. The standard InChI is InChI=1S/C17H13NO2/c19-16-7-3-6-14(17(16)20)11-18-15-9-8-12-4-1-2-5-13(12)10-15/h1-11,19-20H. The van der Waals surface area contributed by atoms with E-state index >= 15 is 0 Å². The quantitative estimate of drug-likeness (QED) is 0.542. The van der Waals surface area contributed by atoms with E-state index in [1.54, 1.807) is 18.3 Å². The fourth-order valence-electron chi connectivity index (χ4n) is 2.05. The minimum absolute atomic E-state index is 0.146. The largest absolute Gasteiger partial charge is 0.504 e. The Morgan fingerprint density at radius 1 is 0.800 bits per heavy atom. The highest BCUT2D eigenvalue weighted by atomic mass is 16.3. The van der Waals surface area contributed by atoms with Gasteiger partial charge in [0.25, 0.3) is 0 Å². The SMILES string of the molecule is Oc1cccc(C=Nc2ccc3ccccc3c2)c1O. The van der Waals surface area contributed by atoms with Gasteiger partial charge in [-0.25, -0.2) is 0 Å². The number of fused-ring (bicyclic) bond motifs is 1. The number of hydrogen-bond donors (Lipinski definition) is 2. The van der Waals surface area contributed by atoms with E-state index in [1.807, 2.05) is 42.5 Å². The first-order valence-electron chi connectivity index (χ1n) is 6.28. The van der Waals surface area contributed by atoms with Crippen molar-refractivity contribution >= 4 is 22.7 Å². The molecule has 0 saturated carbocycles. The highest BCUT2D eigenvalue weighted by Crippen LogP contribution is 2.27. The molecule has 0 aliphatic heterocycles. The number of phenolic OH excluding ortho intramolecular Hbond substituents is 2. The maximum absolute atomic E-state index is 9.71. The van der Waals surface area contributed by atoms with Crippen LogP contribution in [0.5, 0.6) is 11.5 Å². The summed E-state index contributed by atoms with van der Waals surface area (Å²) in [6.07, 6.45) is 1.54. The molecule has 3 aromatic carbocycles. The zero-order chi connectivity index (χ0) is 13.9. The average molecular weight is 263 g/mol. The normalized spacial score (nSPS) is 11.2. The molecular formula is C17H13NO2. The third-order valence-corrected chi connectivity index (χ3v) is 3.13. The number of benzene rings is 3. The predicted octanol–water partition coefficient (Wildman–Crippen LogP) is 4.00. The van der Waals surface area contributed by atoms with Gasteiger partial charge in [0.2, 0.25) is 0 Å². The highest BCUT2D eigenvalue weighted by molar-refractivity contribution is 5.89. The van der Waals surface area contributed by atoms with Crippen molar-refractivity contribution in [3.05, 3.63) is 66.2 Å². The Hall–Kier alpha value is -2.81. The number of aliphatic imine (C=N–C) groups is 1. The summed E-state index contributed by atoms with van der Waals surface area (Å²) in [5, 5.41) is 21.4. The summed E-state index contributed by atoms with van der Waals surface area (Å²) in [6.45, 7) is 0. The second-order valence-corrected chi connectivity index (χ2v) is 4.50. The van der Waals surface area contributed by atoms with Crippen LogP contribution in [-0.4, -0.2) is 16.4 Å². The fourth-order valence-corrected chi connectivity index (χ4v) is 2.05. The molecule has 0 aromatic heterocycles. The second-order valence-electron chi connectivity index (χ2n) is 4.50. The fraction of sp³-hybridized carbons (Fsp3) is 0. The van der Waals surface area contributed by atoms with Crippen molar-refractivity contribution in [2.75, 3.05) is 0 Å². The maximum atomic E-state index is 9.71. The Morgan fingerprint density at radius 3 is 2.45 bits per heavy atom. The molecule has 3 rings (SSSR count). The number of hydrogen-bond acceptors (Lipinski definition) is 3. The van der Waals surface area contributed by atoms with E-state index in [9.17, 15) is 10.2 Å². The molecule has 0 amide bonds. The molecule has 0 radical (unpaired) electrons. The maximum Gasteiger partial charge on any atom is 0.166 e. The van der Waals surface area contributed by atoms with Crippen molar-refractivity contribution < 1.29 is 10.2 Å². The number of para-hydroxylation sites is 1. The number of aromatic hydroxyl groups is 2. The smallest absolute Gasteiger partial charge is 0.166 e. The van der Waals surface area contributed by atoms with Crippen molar-refractivity contribution in [3.8, 4) is 11.5 Å². The van der Waals surface area contributed by atoms with Crippen LogP contribution in [-0.2, 0) is 0 Å². The summed E-state index contributed by atoms with van der Waals surface area (Å²) < 4.78 is 0. The predicted molar refractivity (Wildman–Crippen MR) is 81.0 cm³/mol. The summed E-state index contributed by atoms with van der Waals surface area (Å²) in [5.41, 5.74) is 1.28. The van der Waals surface area contributed by atoms with E-state index in [0.29, 0.717) is 5.56 Å². The van der Waals surface area contributed by atoms with Gasteiger partial charge >= 0.3 is 0 Å². The molecule has 0 heterocycles. The zero-order valence-corrected chi connectivity index (χ0v) is 10.7. The molecule has 98 valence electrons. The van der Waals surface area contributed by atoms with Crippen LogP contribution in [0.2, 0.25) is 0 Å². The summed E-state index contributed by atoms with van der Waals surface area (Å²) in [5.74, 6) is -0.301. The number of phenols is 2. The summed E-state index contributed by atoms with van der Waals surface area (Å²) in [6, 6.07) is 18.7. The van der Waals surface area contributed by atoms with Gasteiger partial charge in [-0.15, -0.1) is 0 Å². The van der Waals surface area contributed by atoms with Crippen LogP contribution in [0.3, 0.4) is 0 Å². The van der Waals surface area contributed by atoms with Gasteiger partial charge in [-0.1, -0.05) is 36.4 Å². The summed E-state index contributed by atoms with van der Waals surface area (Å²) in [4.78, 5) is 4.33. The first-order valence-corrected chi connectivity index (χ1v) is 6.28. The molecule has 20 heavy (non-hydrogen) atoms. The topological polar surface area (TPSA) is 52.8 Å². The lowest BCUT2D eigenvalue weighted by Crippen LogP contribution is -1.82. The van der Waals surface area contributed by atoms with Gasteiger partial charge in [-0.3, -0.25) is 4.99 Å². The molecule has 0 aliphatic carbocycles. The van der Waals surface area contributed by atoms with Crippen LogP contribution in [0.15, 0.2) is 65.7 Å². The first kappa shape index (κ1) is 12.2. The Bertz CT molecular complexity index is 794. The van der Waals surface area contributed by atoms with Gasteiger partial charge in [0.1, 0.15) is 0 Å². The van der Waals surface area contributed by atoms with Gasteiger partial charge in [-0.2, -0.15) is 0 Å². The number of nitrogens with zero attached hydrogens (tertiary/aromatic N) is 1. The molecule has 0 saturated heterocycles. The van der Waals surface area contributed by atoms with E-state index in [-0.39, 0.29) is 11.5 Å². The van der Waals surface area contributed by atoms with Gasteiger partial charge in [-0.05, 0) is 35.0 Å². The lowest BCUT2D eigenvalue weighted by atomic mass is 10.1. The molecule has 0 aliphatic rings. The van der Waals surface area contributed by atoms with Crippen LogP contribution in [0.25, 0.3) is 10.8 Å². The van der Waals surface area contributed by atoms with Gasteiger partial charge in [0.05, 0.1) is 5.69 Å². The van der Waals surface area contributed by atoms with Crippen LogP contribution in [0.4, 0.5) is 5.69 Å². The molecule has 0 atom stereocenters. The Morgan fingerprint density at radius 2 is 1.60 bits per heavy atom. The first-order chi connectivity index (χ1) is 9.74. The van der Waals surface area contributed by atoms with E-state index in [0.717, 1.165) is 16.5 Å².